The Bertz CT molecular complexity index is 465. The number of halogens is 2. The first-order valence-corrected chi connectivity index (χ1v) is 4.19. The molecule has 0 atom stereocenters. The standard InChI is InChI=1S/C10H6ClNO.ClH/c11-10(13)9-6-12-5-7-3-1-2-4-8(7)9;/h1-6H;1H. The van der Waals surface area contributed by atoms with Crippen molar-refractivity contribution < 1.29 is 4.79 Å². The zero-order chi connectivity index (χ0) is 9.26. The van der Waals surface area contributed by atoms with Gasteiger partial charge in [0.2, 0.25) is 0 Å². The van der Waals surface area contributed by atoms with E-state index in [1.807, 2.05) is 24.3 Å². The molecular formula is C10H7Cl2NO. The van der Waals surface area contributed by atoms with Crippen molar-refractivity contribution in [2.75, 3.05) is 0 Å². The van der Waals surface area contributed by atoms with Crippen molar-refractivity contribution >= 4 is 40.0 Å². The van der Waals surface area contributed by atoms with Gasteiger partial charge in [0.1, 0.15) is 0 Å². The quantitative estimate of drug-likeness (QED) is 0.702. The number of hydrogen-bond donors (Lipinski definition) is 0. The van der Waals surface area contributed by atoms with E-state index in [2.05, 4.69) is 4.98 Å². The van der Waals surface area contributed by atoms with Crippen LogP contribution in [0, 0.1) is 0 Å². The van der Waals surface area contributed by atoms with Crippen LogP contribution >= 0.6 is 24.0 Å². The largest absolute Gasteiger partial charge is 0.276 e. The third kappa shape index (κ3) is 1.86. The zero-order valence-corrected chi connectivity index (χ0v) is 8.68. The molecule has 2 nitrogen and oxygen atoms in total. The molecule has 0 aliphatic rings. The molecule has 0 unspecified atom stereocenters. The molecule has 2 aromatic rings. The SMILES string of the molecule is Cl.O=C(Cl)c1cncc2ccccc12. The lowest BCUT2D eigenvalue weighted by Gasteiger charge is -1.99. The summed E-state index contributed by atoms with van der Waals surface area (Å²) in [5.74, 6) is 0. The third-order valence-corrected chi connectivity index (χ3v) is 2.08. The Labute approximate surface area is 92.3 Å². The minimum absolute atomic E-state index is 0. The van der Waals surface area contributed by atoms with Gasteiger partial charge in [0.15, 0.2) is 0 Å². The van der Waals surface area contributed by atoms with Crippen LogP contribution in [-0.2, 0) is 0 Å². The first-order chi connectivity index (χ1) is 6.29. The molecule has 0 spiro atoms. The Morgan fingerprint density at radius 3 is 2.64 bits per heavy atom. The summed E-state index contributed by atoms with van der Waals surface area (Å²) in [5.41, 5.74) is 0.458. The van der Waals surface area contributed by atoms with Gasteiger partial charge in [0, 0.05) is 17.8 Å². The van der Waals surface area contributed by atoms with Crippen LogP contribution in [0.5, 0.6) is 0 Å². The van der Waals surface area contributed by atoms with Crippen LogP contribution in [0.4, 0.5) is 0 Å². The molecule has 14 heavy (non-hydrogen) atoms. The highest BCUT2D eigenvalue weighted by Gasteiger charge is 2.06. The van der Waals surface area contributed by atoms with E-state index in [-0.39, 0.29) is 12.4 Å². The van der Waals surface area contributed by atoms with Gasteiger partial charge in [-0.25, -0.2) is 0 Å². The van der Waals surface area contributed by atoms with E-state index in [0.717, 1.165) is 10.8 Å². The highest BCUT2D eigenvalue weighted by molar-refractivity contribution is 6.68. The normalized spacial score (nSPS) is 9.50. The molecule has 0 saturated heterocycles. The lowest BCUT2D eigenvalue weighted by Crippen LogP contribution is -1.91. The maximum Gasteiger partial charge on any atom is 0.254 e. The number of benzene rings is 1. The minimum atomic E-state index is -0.468. The van der Waals surface area contributed by atoms with Crippen molar-refractivity contribution in [2.45, 2.75) is 0 Å². The van der Waals surface area contributed by atoms with Gasteiger partial charge in [-0.2, -0.15) is 0 Å². The Balaban J connectivity index is 0.000000980. The number of fused-ring (bicyclic) bond motifs is 1. The van der Waals surface area contributed by atoms with E-state index in [9.17, 15) is 4.79 Å². The topological polar surface area (TPSA) is 30.0 Å². The predicted molar refractivity (Wildman–Crippen MR) is 59.2 cm³/mol. The van der Waals surface area contributed by atoms with Gasteiger partial charge in [-0.3, -0.25) is 9.78 Å². The van der Waals surface area contributed by atoms with Crippen molar-refractivity contribution in [3.8, 4) is 0 Å². The first kappa shape index (κ1) is 11.0. The number of pyridine rings is 1. The fourth-order valence-electron chi connectivity index (χ4n) is 1.27. The number of hydrogen-bond acceptors (Lipinski definition) is 2. The highest BCUT2D eigenvalue weighted by atomic mass is 35.5. The number of nitrogens with zero attached hydrogens (tertiary/aromatic N) is 1. The lowest BCUT2D eigenvalue weighted by atomic mass is 10.1. The maximum absolute atomic E-state index is 11.0. The molecule has 0 aliphatic heterocycles. The number of rotatable bonds is 1. The number of aromatic nitrogens is 1. The lowest BCUT2D eigenvalue weighted by molar-refractivity contribution is 0.108. The molecular weight excluding hydrogens is 221 g/mol. The smallest absolute Gasteiger partial charge is 0.254 e. The average Bonchev–Trinajstić information content (AvgIpc) is 2.17. The molecule has 0 radical (unpaired) electrons. The van der Waals surface area contributed by atoms with E-state index in [4.69, 9.17) is 11.6 Å². The van der Waals surface area contributed by atoms with E-state index < -0.39 is 5.24 Å². The Morgan fingerprint density at radius 1 is 1.21 bits per heavy atom. The molecule has 1 aromatic heterocycles. The monoisotopic (exact) mass is 227 g/mol. The van der Waals surface area contributed by atoms with Crippen LogP contribution in [0.2, 0.25) is 0 Å². The van der Waals surface area contributed by atoms with Crippen LogP contribution in [0.15, 0.2) is 36.7 Å². The summed E-state index contributed by atoms with van der Waals surface area (Å²) < 4.78 is 0. The zero-order valence-electron chi connectivity index (χ0n) is 7.11. The Morgan fingerprint density at radius 2 is 1.93 bits per heavy atom. The summed E-state index contributed by atoms with van der Waals surface area (Å²) in [6.45, 7) is 0. The van der Waals surface area contributed by atoms with Crippen LogP contribution in [0.25, 0.3) is 10.8 Å². The molecule has 0 fully saturated rings. The van der Waals surface area contributed by atoms with Gasteiger partial charge in [0.05, 0.1) is 5.56 Å². The third-order valence-electron chi connectivity index (χ3n) is 1.88. The summed E-state index contributed by atoms with van der Waals surface area (Å²) in [7, 11) is 0. The average molecular weight is 228 g/mol. The van der Waals surface area contributed by atoms with Crippen LogP contribution < -0.4 is 0 Å². The summed E-state index contributed by atoms with van der Waals surface area (Å²) in [4.78, 5) is 14.9. The highest BCUT2D eigenvalue weighted by Crippen LogP contribution is 2.18. The molecule has 2 rings (SSSR count). The molecule has 72 valence electrons. The van der Waals surface area contributed by atoms with E-state index >= 15 is 0 Å². The summed E-state index contributed by atoms with van der Waals surface area (Å²) >= 11 is 5.40. The maximum atomic E-state index is 11.0. The molecule has 0 amide bonds. The van der Waals surface area contributed by atoms with E-state index in [1.165, 1.54) is 6.20 Å². The molecule has 1 aromatic carbocycles. The fraction of sp³-hybridized carbons (Fsp3) is 0. The van der Waals surface area contributed by atoms with E-state index in [0.29, 0.717) is 5.56 Å². The van der Waals surface area contributed by atoms with Crippen molar-refractivity contribution in [1.82, 2.24) is 4.98 Å². The van der Waals surface area contributed by atoms with Crippen LogP contribution in [-0.4, -0.2) is 10.2 Å². The minimum Gasteiger partial charge on any atom is -0.276 e. The Hall–Kier alpha value is -1.12. The second-order valence-electron chi connectivity index (χ2n) is 2.68. The first-order valence-electron chi connectivity index (χ1n) is 3.81. The molecule has 0 saturated carbocycles. The van der Waals surface area contributed by atoms with Crippen molar-refractivity contribution in [3.05, 3.63) is 42.2 Å². The number of carbonyl (C=O) groups excluding carboxylic acids is 1. The van der Waals surface area contributed by atoms with Gasteiger partial charge in [-0.05, 0) is 17.0 Å². The van der Waals surface area contributed by atoms with Crippen LogP contribution in [0.3, 0.4) is 0 Å². The van der Waals surface area contributed by atoms with Crippen LogP contribution in [0.1, 0.15) is 10.4 Å². The molecule has 0 bridgehead atoms. The van der Waals surface area contributed by atoms with Gasteiger partial charge in [-0.15, -0.1) is 12.4 Å². The fourth-order valence-corrected chi connectivity index (χ4v) is 1.42. The molecule has 4 heteroatoms. The summed E-state index contributed by atoms with van der Waals surface area (Å²) in [6.07, 6.45) is 3.19. The van der Waals surface area contributed by atoms with Crippen molar-refractivity contribution in [1.29, 1.82) is 0 Å². The van der Waals surface area contributed by atoms with E-state index in [1.54, 1.807) is 6.20 Å². The number of carbonyl (C=O) groups is 1. The molecule has 0 N–H and O–H groups in total. The second kappa shape index (κ2) is 4.40. The van der Waals surface area contributed by atoms with Crippen molar-refractivity contribution in [3.63, 3.8) is 0 Å². The van der Waals surface area contributed by atoms with Gasteiger partial charge >= 0.3 is 0 Å². The van der Waals surface area contributed by atoms with Gasteiger partial charge in [-0.1, -0.05) is 24.3 Å². The second-order valence-corrected chi connectivity index (χ2v) is 3.03. The molecule has 0 aliphatic carbocycles. The van der Waals surface area contributed by atoms with Crippen molar-refractivity contribution in [2.24, 2.45) is 0 Å². The van der Waals surface area contributed by atoms with Gasteiger partial charge in [0.25, 0.3) is 5.24 Å². The summed E-state index contributed by atoms with van der Waals surface area (Å²) in [5, 5.41) is 1.30. The predicted octanol–water partition coefficient (Wildman–Crippen LogP) is 3.04. The van der Waals surface area contributed by atoms with Gasteiger partial charge < -0.3 is 0 Å². The summed E-state index contributed by atoms with van der Waals surface area (Å²) in [6, 6.07) is 7.51. The Kier molecular flexibility index (Phi) is 3.44. The molecule has 1 heterocycles.